The Morgan fingerprint density at radius 1 is 1.35 bits per heavy atom. The molecule has 0 saturated heterocycles. The van der Waals surface area contributed by atoms with Gasteiger partial charge in [-0.3, -0.25) is 4.79 Å². The number of carbonyl (C=O) groups excluding carboxylic acids is 1. The van der Waals surface area contributed by atoms with Gasteiger partial charge in [0.15, 0.2) is 0 Å². The number of hydrogen-bond acceptors (Lipinski definition) is 3. The SMILES string of the molecule is CCNC(C)(C)C(=O)OCc1ccc(Br)cc1. The lowest BCUT2D eigenvalue weighted by Crippen LogP contribution is -2.47. The number of nitrogens with one attached hydrogen (secondary N) is 1. The third-order valence-electron chi connectivity index (χ3n) is 2.41. The highest BCUT2D eigenvalue weighted by atomic mass is 79.9. The minimum absolute atomic E-state index is 0.234. The smallest absolute Gasteiger partial charge is 0.326 e. The Balaban J connectivity index is 2.50. The number of rotatable bonds is 5. The molecule has 0 saturated carbocycles. The van der Waals surface area contributed by atoms with Gasteiger partial charge in [0.1, 0.15) is 12.1 Å². The number of hydrogen-bond donors (Lipinski definition) is 1. The maximum Gasteiger partial charge on any atom is 0.326 e. The van der Waals surface area contributed by atoms with Crippen molar-refractivity contribution in [2.75, 3.05) is 6.54 Å². The summed E-state index contributed by atoms with van der Waals surface area (Å²) in [6, 6.07) is 7.71. The van der Waals surface area contributed by atoms with E-state index in [2.05, 4.69) is 21.2 Å². The maximum atomic E-state index is 11.8. The summed E-state index contributed by atoms with van der Waals surface area (Å²) in [4.78, 5) is 11.8. The van der Waals surface area contributed by atoms with Crippen LogP contribution in [-0.2, 0) is 16.1 Å². The molecule has 1 aromatic carbocycles. The Morgan fingerprint density at radius 2 is 1.94 bits per heavy atom. The van der Waals surface area contributed by atoms with E-state index in [1.54, 1.807) is 0 Å². The molecule has 4 heteroatoms. The molecule has 17 heavy (non-hydrogen) atoms. The molecule has 0 spiro atoms. The maximum absolute atomic E-state index is 11.8. The lowest BCUT2D eigenvalue weighted by molar-refractivity contribution is -0.151. The van der Waals surface area contributed by atoms with E-state index < -0.39 is 5.54 Å². The van der Waals surface area contributed by atoms with Crippen molar-refractivity contribution in [3.63, 3.8) is 0 Å². The van der Waals surface area contributed by atoms with Crippen molar-refractivity contribution in [1.29, 1.82) is 0 Å². The van der Waals surface area contributed by atoms with Crippen molar-refractivity contribution in [2.45, 2.75) is 32.9 Å². The fourth-order valence-corrected chi connectivity index (χ4v) is 1.69. The average molecular weight is 300 g/mol. The van der Waals surface area contributed by atoms with Crippen LogP contribution in [0.3, 0.4) is 0 Å². The summed E-state index contributed by atoms with van der Waals surface area (Å²) in [6.45, 7) is 6.64. The van der Waals surface area contributed by atoms with Gasteiger partial charge in [0.25, 0.3) is 0 Å². The first-order chi connectivity index (χ1) is 7.95. The van der Waals surface area contributed by atoms with Crippen LogP contribution in [0.25, 0.3) is 0 Å². The molecule has 0 radical (unpaired) electrons. The first-order valence-electron chi connectivity index (χ1n) is 5.62. The van der Waals surface area contributed by atoms with Crippen molar-refractivity contribution < 1.29 is 9.53 Å². The average Bonchev–Trinajstić information content (AvgIpc) is 2.27. The number of halogens is 1. The van der Waals surface area contributed by atoms with Crippen molar-refractivity contribution in [3.8, 4) is 0 Å². The molecular formula is C13H18BrNO2. The van der Waals surface area contributed by atoms with E-state index in [-0.39, 0.29) is 5.97 Å². The highest BCUT2D eigenvalue weighted by Gasteiger charge is 2.27. The van der Waals surface area contributed by atoms with Crippen molar-refractivity contribution >= 4 is 21.9 Å². The van der Waals surface area contributed by atoms with Gasteiger partial charge in [-0.05, 0) is 38.1 Å². The Hall–Kier alpha value is -0.870. The van der Waals surface area contributed by atoms with Gasteiger partial charge >= 0.3 is 5.97 Å². The number of esters is 1. The molecule has 1 rings (SSSR count). The zero-order valence-corrected chi connectivity index (χ0v) is 12.0. The molecule has 1 aromatic rings. The van der Waals surface area contributed by atoms with Crippen LogP contribution in [0.1, 0.15) is 26.3 Å². The van der Waals surface area contributed by atoms with E-state index >= 15 is 0 Å². The van der Waals surface area contributed by atoms with Gasteiger partial charge in [-0.1, -0.05) is 35.0 Å². The fourth-order valence-electron chi connectivity index (χ4n) is 1.42. The van der Waals surface area contributed by atoms with Crippen LogP contribution in [0.15, 0.2) is 28.7 Å². The van der Waals surface area contributed by atoms with E-state index in [1.807, 2.05) is 45.0 Å². The van der Waals surface area contributed by atoms with Crippen LogP contribution in [0, 0.1) is 0 Å². The molecule has 0 aromatic heterocycles. The largest absolute Gasteiger partial charge is 0.459 e. The number of ether oxygens (including phenoxy) is 1. The highest BCUT2D eigenvalue weighted by Crippen LogP contribution is 2.12. The molecule has 0 heterocycles. The molecule has 0 aliphatic heterocycles. The monoisotopic (exact) mass is 299 g/mol. The fraction of sp³-hybridized carbons (Fsp3) is 0.462. The third kappa shape index (κ3) is 4.48. The van der Waals surface area contributed by atoms with Gasteiger partial charge < -0.3 is 10.1 Å². The van der Waals surface area contributed by atoms with E-state index in [9.17, 15) is 4.79 Å². The van der Waals surface area contributed by atoms with Crippen LogP contribution >= 0.6 is 15.9 Å². The molecule has 0 bridgehead atoms. The lowest BCUT2D eigenvalue weighted by Gasteiger charge is -2.23. The van der Waals surface area contributed by atoms with Crippen molar-refractivity contribution in [2.24, 2.45) is 0 Å². The van der Waals surface area contributed by atoms with E-state index in [4.69, 9.17) is 4.74 Å². The second-order valence-corrected chi connectivity index (χ2v) is 5.27. The molecule has 0 unspecified atom stereocenters. The third-order valence-corrected chi connectivity index (χ3v) is 2.94. The molecule has 3 nitrogen and oxygen atoms in total. The Morgan fingerprint density at radius 3 is 2.47 bits per heavy atom. The van der Waals surface area contributed by atoms with E-state index in [0.29, 0.717) is 6.61 Å². The van der Waals surface area contributed by atoms with Gasteiger partial charge in [-0.2, -0.15) is 0 Å². The zero-order valence-electron chi connectivity index (χ0n) is 10.4. The van der Waals surface area contributed by atoms with Crippen LogP contribution < -0.4 is 5.32 Å². The first kappa shape index (κ1) is 14.2. The lowest BCUT2D eigenvalue weighted by atomic mass is 10.1. The molecular weight excluding hydrogens is 282 g/mol. The first-order valence-corrected chi connectivity index (χ1v) is 6.41. The van der Waals surface area contributed by atoms with E-state index in [0.717, 1.165) is 16.6 Å². The molecule has 1 N–H and O–H groups in total. The Kier molecular flexibility index (Phi) is 5.15. The Bertz CT molecular complexity index is 374. The predicted octanol–water partition coefficient (Wildman–Crippen LogP) is 2.88. The van der Waals surface area contributed by atoms with Gasteiger partial charge in [0.2, 0.25) is 0 Å². The summed E-state index contributed by atoms with van der Waals surface area (Å²) in [5.74, 6) is -0.234. The van der Waals surface area contributed by atoms with Crippen molar-refractivity contribution in [1.82, 2.24) is 5.32 Å². The minimum atomic E-state index is -0.635. The molecule has 0 amide bonds. The van der Waals surface area contributed by atoms with Crippen LogP contribution in [0.2, 0.25) is 0 Å². The summed E-state index contributed by atoms with van der Waals surface area (Å²) in [6.07, 6.45) is 0. The molecule has 0 fully saturated rings. The standard InChI is InChI=1S/C13H18BrNO2/c1-4-15-13(2,3)12(16)17-9-10-5-7-11(14)8-6-10/h5-8,15H,4,9H2,1-3H3. The predicted molar refractivity (Wildman–Crippen MR) is 71.7 cm³/mol. The van der Waals surface area contributed by atoms with Gasteiger partial charge in [-0.25, -0.2) is 0 Å². The normalized spacial score (nSPS) is 11.3. The molecule has 0 atom stereocenters. The highest BCUT2D eigenvalue weighted by molar-refractivity contribution is 9.10. The van der Waals surface area contributed by atoms with Gasteiger partial charge in [-0.15, -0.1) is 0 Å². The minimum Gasteiger partial charge on any atom is -0.459 e. The molecule has 0 aliphatic rings. The summed E-state index contributed by atoms with van der Waals surface area (Å²) < 4.78 is 6.28. The molecule has 94 valence electrons. The van der Waals surface area contributed by atoms with Crippen LogP contribution in [-0.4, -0.2) is 18.1 Å². The van der Waals surface area contributed by atoms with Crippen LogP contribution in [0.4, 0.5) is 0 Å². The number of likely N-dealkylation sites (N-methyl/N-ethyl adjacent to an activating group) is 1. The van der Waals surface area contributed by atoms with Gasteiger partial charge in [0, 0.05) is 4.47 Å². The zero-order chi connectivity index (χ0) is 12.9. The van der Waals surface area contributed by atoms with E-state index in [1.165, 1.54) is 0 Å². The van der Waals surface area contributed by atoms with Gasteiger partial charge in [0.05, 0.1) is 0 Å². The topological polar surface area (TPSA) is 38.3 Å². The summed E-state index contributed by atoms with van der Waals surface area (Å²) in [7, 11) is 0. The summed E-state index contributed by atoms with van der Waals surface area (Å²) in [5, 5.41) is 3.08. The van der Waals surface area contributed by atoms with Crippen LogP contribution in [0.5, 0.6) is 0 Å². The number of benzene rings is 1. The number of carbonyl (C=O) groups is 1. The molecule has 0 aliphatic carbocycles. The van der Waals surface area contributed by atoms with Crippen molar-refractivity contribution in [3.05, 3.63) is 34.3 Å². The quantitative estimate of drug-likeness (QED) is 0.850. The summed E-state index contributed by atoms with van der Waals surface area (Å²) in [5.41, 5.74) is 0.346. The summed E-state index contributed by atoms with van der Waals surface area (Å²) >= 11 is 3.36. The Labute approximate surface area is 111 Å². The second-order valence-electron chi connectivity index (χ2n) is 4.36. The second kappa shape index (κ2) is 6.17.